The van der Waals surface area contributed by atoms with Crippen LogP contribution in [0.15, 0.2) is 30.4 Å². The van der Waals surface area contributed by atoms with Crippen LogP contribution in [0.25, 0.3) is 11.3 Å². The van der Waals surface area contributed by atoms with Gasteiger partial charge in [0.2, 0.25) is 0 Å². The van der Waals surface area contributed by atoms with E-state index in [2.05, 4.69) is 18.5 Å². The molecule has 2 heterocycles. The number of aromatic nitrogens is 1. The van der Waals surface area contributed by atoms with Gasteiger partial charge < -0.3 is 9.64 Å². The lowest BCUT2D eigenvalue weighted by molar-refractivity contribution is -0.121. The zero-order chi connectivity index (χ0) is 15.9. The summed E-state index contributed by atoms with van der Waals surface area (Å²) in [6.45, 7) is 10.5. The van der Waals surface area contributed by atoms with Gasteiger partial charge in [0.15, 0.2) is 6.61 Å². The number of carbonyl (C=O) groups is 1. The van der Waals surface area contributed by atoms with E-state index in [1.807, 2.05) is 32.0 Å². The van der Waals surface area contributed by atoms with Crippen LogP contribution in [0.1, 0.15) is 16.8 Å². The summed E-state index contributed by atoms with van der Waals surface area (Å²) in [6.07, 6.45) is 0. The van der Waals surface area contributed by atoms with Crippen molar-refractivity contribution in [3.05, 3.63) is 40.2 Å². The van der Waals surface area contributed by atoms with Gasteiger partial charge in [0, 0.05) is 17.0 Å². The second kappa shape index (κ2) is 5.57. The van der Waals surface area contributed by atoms with Crippen molar-refractivity contribution in [3.8, 4) is 17.0 Å². The highest BCUT2D eigenvalue weighted by atomic mass is 32.1. The van der Waals surface area contributed by atoms with Crippen LogP contribution in [0.2, 0.25) is 0 Å². The van der Waals surface area contributed by atoms with Crippen molar-refractivity contribution in [2.24, 2.45) is 0 Å². The van der Waals surface area contributed by atoms with Gasteiger partial charge in [-0.1, -0.05) is 12.2 Å². The van der Waals surface area contributed by atoms with Crippen molar-refractivity contribution < 1.29 is 9.53 Å². The number of carbonyl (C=O) groups excluding carboxylic acids is 1. The molecule has 0 aliphatic carbocycles. The molecule has 0 radical (unpaired) electrons. The third-order valence-corrected chi connectivity index (χ3v) is 4.39. The van der Waals surface area contributed by atoms with Gasteiger partial charge in [0.1, 0.15) is 5.75 Å². The summed E-state index contributed by atoms with van der Waals surface area (Å²) in [5, 5.41) is 1.04. The molecule has 0 N–H and O–H groups in total. The van der Waals surface area contributed by atoms with Crippen LogP contribution in [0.3, 0.4) is 0 Å². The number of ether oxygens (including phenoxy) is 1. The molecule has 0 fully saturated rings. The van der Waals surface area contributed by atoms with Crippen LogP contribution < -0.4 is 9.64 Å². The predicted octanol–water partition coefficient (Wildman–Crippen LogP) is 3.73. The van der Waals surface area contributed by atoms with E-state index in [-0.39, 0.29) is 12.5 Å². The fourth-order valence-electron chi connectivity index (χ4n) is 2.59. The van der Waals surface area contributed by atoms with E-state index in [9.17, 15) is 4.79 Å². The summed E-state index contributed by atoms with van der Waals surface area (Å²) in [5.41, 5.74) is 3.71. The van der Waals surface area contributed by atoms with Gasteiger partial charge >= 0.3 is 0 Å². The molecule has 1 aliphatic rings. The van der Waals surface area contributed by atoms with Crippen LogP contribution in [-0.4, -0.2) is 24.0 Å². The first-order chi connectivity index (χ1) is 10.5. The molecular weight excluding hydrogens is 296 g/mol. The number of hydrogen-bond donors (Lipinski definition) is 0. The fraction of sp³-hybridized carbons (Fsp3) is 0.294. The summed E-state index contributed by atoms with van der Waals surface area (Å²) < 4.78 is 5.54. The normalized spacial score (nSPS) is 13.8. The minimum atomic E-state index is -0.0427. The van der Waals surface area contributed by atoms with E-state index in [1.54, 1.807) is 16.2 Å². The van der Waals surface area contributed by atoms with Crippen molar-refractivity contribution >= 4 is 22.9 Å². The summed E-state index contributed by atoms with van der Waals surface area (Å²) in [6, 6.07) is 5.89. The molecule has 2 aromatic rings. The van der Waals surface area contributed by atoms with Crippen molar-refractivity contribution in [2.45, 2.75) is 20.8 Å². The number of nitrogens with zero attached hydrogens (tertiary/aromatic N) is 2. The molecule has 1 aromatic carbocycles. The number of anilines is 1. The summed E-state index contributed by atoms with van der Waals surface area (Å²) >= 11 is 1.68. The summed E-state index contributed by atoms with van der Waals surface area (Å²) in [7, 11) is 0. The van der Waals surface area contributed by atoms with Crippen LogP contribution >= 0.6 is 11.3 Å². The monoisotopic (exact) mass is 314 g/mol. The zero-order valence-electron chi connectivity index (χ0n) is 13.0. The number of thiazole rings is 1. The van der Waals surface area contributed by atoms with Gasteiger partial charge in [0.25, 0.3) is 5.91 Å². The molecule has 4 nitrogen and oxygen atoms in total. The average Bonchev–Trinajstić information content (AvgIpc) is 2.80. The number of fused-ring (bicyclic) bond motifs is 1. The Hall–Kier alpha value is -2.14. The molecule has 5 heteroatoms. The largest absolute Gasteiger partial charge is 0.482 e. The maximum Gasteiger partial charge on any atom is 0.265 e. The molecule has 0 saturated carbocycles. The molecule has 0 spiro atoms. The molecule has 1 aliphatic heterocycles. The standard InChI is InChI=1S/C17H18N2O2S/c1-10(2)8-19-14-7-13(17-11(3)22-12(4)18-17)5-6-15(14)21-9-16(19)20/h5-7H,1,8-9H2,2-4H3. The van der Waals surface area contributed by atoms with Crippen molar-refractivity contribution in [2.75, 3.05) is 18.1 Å². The molecular formula is C17H18N2O2S. The van der Waals surface area contributed by atoms with Gasteiger partial charge in [-0.15, -0.1) is 11.3 Å². The van der Waals surface area contributed by atoms with E-state index in [1.165, 1.54) is 4.88 Å². The van der Waals surface area contributed by atoms with Crippen molar-refractivity contribution in [3.63, 3.8) is 0 Å². The SMILES string of the molecule is C=C(C)CN1C(=O)COc2ccc(-c3nc(C)sc3C)cc21. The molecule has 1 aromatic heterocycles. The topological polar surface area (TPSA) is 42.4 Å². The van der Waals surface area contributed by atoms with Gasteiger partial charge in [-0.05, 0) is 39.0 Å². The fourth-order valence-corrected chi connectivity index (χ4v) is 3.43. The lowest BCUT2D eigenvalue weighted by atomic mass is 10.1. The average molecular weight is 314 g/mol. The highest BCUT2D eigenvalue weighted by Gasteiger charge is 2.26. The quantitative estimate of drug-likeness (QED) is 0.811. The number of benzene rings is 1. The Balaban J connectivity index is 2.07. The Morgan fingerprint density at radius 1 is 1.45 bits per heavy atom. The van der Waals surface area contributed by atoms with Gasteiger partial charge in [-0.2, -0.15) is 0 Å². The first-order valence-corrected chi connectivity index (χ1v) is 7.93. The molecule has 1 amide bonds. The summed E-state index contributed by atoms with van der Waals surface area (Å²) in [5.74, 6) is 0.688. The van der Waals surface area contributed by atoms with Crippen LogP contribution in [0, 0.1) is 13.8 Å². The zero-order valence-corrected chi connectivity index (χ0v) is 13.8. The number of rotatable bonds is 3. The Kier molecular flexibility index (Phi) is 3.74. The molecule has 0 unspecified atom stereocenters. The minimum absolute atomic E-state index is 0.0427. The van der Waals surface area contributed by atoms with Crippen molar-refractivity contribution in [1.29, 1.82) is 0 Å². The van der Waals surface area contributed by atoms with Gasteiger partial charge in [0.05, 0.1) is 16.4 Å². The molecule has 22 heavy (non-hydrogen) atoms. The molecule has 0 saturated heterocycles. The number of hydrogen-bond acceptors (Lipinski definition) is 4. The van der Waals surface area contributed by atoms with E-state index >= 15 is 0 Å². The Morgan fingerprint density at radius 2 is 2.23 bits per heavy atom. The Morgan fingerprint density at radius 3 is 2.86 bits per heavy atom. The van der Waals surface area contributed by atoms with E-state index < -0.39 is 0 Å². The predicted molar refractivity (Wildman–Crippen MR) is 89.7 cm³/mol. The third kappa shape index (κ3) is 2.64. The molecule has 3 rings (SSSR count). The molecule has 0 bridgehead atoms. The van der Waals surface area contributed by atoms with Gasteiger partial charge in [-0.25, -0.2) is 4.98 Å². The van der Waals surface area contributed by atoms with Crippen LogP contribution in [-0.2, 0) is 4.79 Å². The highest BCUT2D eigenvalue weighted by molar-refractivity contribution is 7.11. The van der Waals surface area contributed by atoms with Crippen molar-refractivity contribution in [1.82, 2.24) is 4.98 Å². The van der Waals surface area contributed by atoms with E-state index in [0.29, 0.717) is 6.54 Å². The molecule has 114 valence electrons. The van der Waals surface area contributed by atoms with Crippen LogP contribution in [0.5, 0.6) is 5.75 Å². The van der Waals surface area contributed by atoms with E-state index in [4.69, 9.17) is 4.74 Å². The Labute approximate surface area is 134 Å². The smallest absolute Gasteiger partial charge is 0.265 e. The lowest BCUT2D eigenvalue weighted by Gasteiger charge is -2.30. The first kappa shape index (κ1) is 14.8. The second-order valence-electron chi connectivity index (χ2n) is 5.55. The van der Waals surface area contributed by atoms with Crippen LogP contribution in [0.4, 0.5) is 5.69 Å². The lowest BCUT2D eigenvalue weighted by Crippen LogP contribution is -2.39. The first-order valence-electron chi connectivity index (χ1n) is 7.11. The van der Waals surface area contributed by atoms with E-state index in [0.717, 1.165) is 33.3 Å². The Bertz CT molecular complexity index is 764. The second-order valence-corrected chi connectivity index (χ2v) is 6.95. The third-order valence-electron chi connectivity index (χ3n) is 3.51. The highest BCUT2D eigenvalue weighted by Crippen LogP contribution is 2.37. The maximum atomic E-state index is 12.2. The maximum absolute atomic E-state index is 12.2. The summed E-state index contributed by atoms with van der Waals surface area (Å²) in [4.78, 5) is 19.7. The number of aryl methyl sites for hydroxylation is 2. The van der Waals surface area contributed by atoms with Gasteiger partial charge in [-0.3, -0.25) is 4.79 Å². The molecule has 0 atom stereocenters. The minimum Gasteiger partial charge on any atom is -0.482 e. The number of amides is 1.